The van der Waals surface area contributed by atoms with Crippen molar-refractivity contribution in [2.45, 2.75) is 64.6 Å². The number of hydrogen-bond donors (Lipinski definition) is 2. The summed E-state index contributed by atoms with van der Waals surface area (Å²) in [4.78, 5) is 11.7. The quantitative estimate of drug-likeness (QED) is 0.812. The second-order valence-corrected chi connectivity index (χ2v) is 6.04. The van der Waals surface area contributed by atoms with Gasteiger partial charge in [-0.05, 0) is 51.3 Å². The van der Waals surface area contributed by atoms with Crippen molar-refractivity contribution < 1.29 is 4.79 Å². The minimum Gasteiger partial charge on any atom is -0.354 e. The third kappa shape index (κ3) is 3.85. The van der Waals surface area contributed by atoms with E-state index in [9.17, 15) is 4.79 Å². The van der Waals surface area contributed by atoms with Crippen LogP contribution in [0.5, 0.6) is 0 Å². The third-order valence-corrected chi connectivity index (χ3v) is 3.96. The number of hydrogen-bond acceptors (Lipinski definition) is 2. The molecule has 112 valence electrons. The van der Waals surface area contributed by atoms with E-state index in [1.807, 2.05) is 20.9 Å². The van der Waals surface area contributed by atoms with Crippen molar-refractivity contribution in [3.8, 4) is 0 Å². The number of aryl methyl sites for hydroxylation is 2. The predicted molar refractivity (Wildman–Crippen MR) is 81.7 cm³/mol. The number of aromatic nitrogens is 1. The highest BCUT2D eigenvalue weighted by Gasteiger charge is 2.19. The third-order valence-electron chi connectivity index (χ3n) is 3.96. The van der Waals surface area contributed by atoms with Gasteiger partial charge in [0.2, 0.25) is 5.91 Å². The van der Waals surface area contributed by atoms with E-state index >= 15 is 0 Å². The Labute approximate surface area is 121 Å². The Hall–Kier alpha value is -1.29. The average Bonchev–Trinajstić information content (AvgIpc) is 2.70. The molecule has 2 N–H and O–H groups in total. The minimum absolute atomic E-state index is 0.133. The molecule has 4 nitrogen and oxygen atoms in total. The van der Waals surface area contributed by atoms with Gasteiger partial charge in [0.1, 0.15) is 0 Å². The molecule has 0 spiro atoms. The van der Waals surface area contributed by atoms with Crippen LogP contribution in [-0.2, 0) is 17.8 Å². The van der Waals surface area contributed by atoms with E-state index in [4.69, 9.17) is 0 Å². The first kappa shape index (κ1) is 15.1. The van der Waals surface area contributed by atoms with Gasteiger partial charge in [-0.15, -0.1) is 0 Å². The first-order valence-electron chi connectivity index (χ1n) is 7.75. The van der Waals surface area contributed by atoms with Gasteiger partial charge in [-0.2, -0.15) is 0 Å². The molecule has 1 heterocycles. The molecule has 4 heteroatoms. The maximum Gasteiger partial charge on any atom is 0.221 e. The first-order valence-corrected chi connectivity index (χ1v) is 7.75. The molecule has 0 aliphatic heterocycles. The van der Waals surface area contributed by atoms with E-state index in [0.717, 1.165) is 6.54 Å². The number of rotatable bonds is 5. The molecule has 0 aromatic carbocycles. The summed E-state index contributed by atoms with van der Waals surface area (Å²) in [6, 6.07) is 0.691. The van der Waals surface area contributed by atoms with Crippen LogP contribution in [0.3, 0.4) is 0 Å². The summed E-state index contributed by atoms with van der Waals surface area (Å²) >= 11 is 0. The molecule has 0 fully saturated rings. The monoisotopic (exact) mass is 277 g/mol. The van der Waals surface area contributed by atoms with Crippen LogP contribution < -0.4 is 10.6 Å². The number of fused-ring (bicyclic) bond motifs is 1. The lowest BCUT2D eigenvalue weighted by Gasteiger charge is -2.13. The largest absolute Gasteiger partial charge is 0.354 e. The second kappa shape index (κ2) is 6.93. The zero-order valence-corrected chi connectivity index (χ0v) is 12.9. The zero-order chi connectivity index (χ0) is 14.5. The summed E-state index contributed by atoms with van der Waals surface area (Å²) in [6.07, 6.45) is 9.94. The van der Waals surface area contributed by atoms with Gasteiger partial charge >= 0.3 is 0 Å². The Kier molecular flexibility index (Phi) is 5.24. The molecule has 1 amide bonds. The summed E-state index contributed by atoms with van der Waals surface area (Å²) in [5.74, 6) is 0.133. The van der Waals surface area contributed by atoms with Crippen LogP contribution in [0.4, 0.5) is 0 Å². The maximum atomic E-state index is 11.7. The summed E-state index contributed by atoms with van der Waals surface area (Å²) < 4.78 is 2.18. The maximum absolute atomic E-state index is 11.7. The van der Waals surface area contributed by atoms with Crippen molar-refractivity contribution >= 4 is 5.91 Å². The van der Waals surface area contributed by atoms with Gasteiger partial charge in [0.15, 0.2) is 0 Å². The molecular formula is C16H27N3O. The number of nitrogens with zero attached hydrogens (tertiary/aromatic N) is 1. The fourth-order valence-corrected chi connectivity index (χ4v) is 2.97. The van der Waals surface area contributed by atoms with Crippen molar-refractivity contribution in [3.05, 3.63) is 23.5 Å². The van der Waals surface area contributed by atoms with Crippen molar-refractivity contribution in [3.63, 3.8) is 0 Å². The molecule has 1 aromatic rings. The van der Waals surface area contributed by atoms with E-state index < -0.39 is 0 Å². The molecule has 1 unspecified atom stereocenters. The van der Waals surface area contributed by atoms with E-state index in [1.165, 1.54) is 36.8 Å². The Morgan fingerprint density at radius 2 is 2.20 bits per heavy atom. The van der Waals surface area contributed by atoms with Crippen LogP contribution >= 0.6 is 0 Å². The zero-order valence-electron chi connectivity index (χ0n) is 12.9. The molecule has 1 aliphatic carbocycles. The average molecular weight is 277 g/mol. The summed E-state index contributed by atoms with van der Waals surface area (Å²) in [5.41, 5.74) is 2.88. The van der Waals surface area contributed by atoms with Crippen LogP contribution in [0.2, 0.25) is 0 Å². The van der Waals surface area contributed by atoms with Gasteiger partial charge in [-0.1, -0.05) is 6.42 Å². The molecule has 0 saturated carbocycles. The Balaban J connectivity index is 1.99. The van der Waals surface area contributed by atoms with Crippen molar-refractivity contribution in [1.29, 1.82) is 0 Å². The molecule has 0 radical (unpaired) electrons. The summed E-state index contributed by atoms with van der Waals surface area (Å²) in [5, 5.41) is 6.35. The SMILES string of the molecule is CNC1CCCCc2cn(CCC(=O)NC(C)C)cc21. The lowest BCUT2D eigenvalue weighted by atomic mass is 10.1. The van der Waals surface area contributed by atoms with Gasteiger partial charge < -0.3 is 15.2 Å². The molecule has 20 heavy (non-hydrogen) atoms. The van der Waals surface area contributed by atoms with Gasteiger partial charge in [-0.25, -0.2) is 0 Å². The smallest absolute Gasteiger partial charge is 0.221 e. The Morgan fingerprint density at radius 3 is 2.90 bits per heavy atom. The molecule has 0 saturated heterocycles. The van der Waals surface area contributed by atoms with Gasteiger partial charge in [0.25, 0.3) is 0 Å². The molecule has 1 atom stereocenters. The van der Waals surface area contributed by atoms with Crippen LogP contribution in [0, 0.1) is 0 Å². The first-order chi connectivity index (χ1) is 9.60. The van der Waals surface area contributed by atoms with Crippen molar-refractivity contribution in [2.75, 3.05) is 7.05 Å². The second-order valence-electron chi connectivity index (χ2n) is 6.04. The Morgan fingerprint density at radius 1 is 1.40 bits per heavy atom. The number of nitrogens with one attached hydrogen (secondary N) is 2. The minimum atomic E-state index is 0.133. The fraction of sp³-hybridized carbons (Fsp3) is 0.688. The van der Waals surface area contributed by atoms with Crippen molar-refractivity contribution in [2.24, 2.45) is 0 Å². The molecule has 0 bridgehead atoms. The lowest BCUT2D eigenvalue weighted by Crippen LogP contribution is -2.30. The highest BCUT2D eigenvalue weighted by Crippen LogP contribution is 2.29. The number of carbonyl (C=O) groups excluding carboxylic acids is 1. The highest BCUT2D eigenvalue weighted by atomic mass is 16.1. The fourth-order valence-electron chi connectivity index (χ4n) is 2.97. The highest BCUT2D eigenvalue weighted by molar-refractivity contribution is 5.76. The lowest BCUT2D eigenvalue weighted by molar-refractivity contribution is -0.121. The molecule has 2 rings (SSSR count). The van der Waals surface area contributed by atoms with Gasteiger partial charge in [0.05, 0.1) is 0 Å². The number of amides is 1. The van der Waals surface area contributed by atoms with Crippen LogP contribution in [0.1, 0.15) is 56.7 Å². The van der Waals surface area contributed by atoms with Gasteiger partial charge in [-0.3, -0.25) is 4.79 Å². The summed E-state index contributed by atoms with van der Waals surface area (Å²) in [6.45, 7) is 4.75. The topological polar surface area (TPSA) is 46.1 Å². The van der Waals surface area contributed by atoms with E-state index in [2.05, 4.69) is 27.6 Å². The van der Waals surface area contributed by atoms with Gasteiger partial charge in [0, 0.05) is 37.4 Å². The molecule has 1 aliphatic rings. The van der Waals surface area contributed by atoms with Crippen LogP contribution in [0.15, 0.2) is 12.4 Å². The van der Waals surface area contributed by atoms with E-state index in [1.54, 1.807) is 0 Å². The molecule has 1 aromatic heterocycles. The normalized spacial score (nSPS) is 18.7. The predicted octanol–water partition coefficient (Wildman–Crippen LogP) is 2.39. The standard InChI is InChI=1S/C16H27N3O/c1-12(2)18-16(20)8-9-19-10-13-6-4-5-7-15(17-3)14(13)11-19/h10-12,15,17H,4-9H2,1-3H3,(H,18,20). The summed E-state index contributed by atoms with van der Waals surface area (Å²) in [7, 11) is 2.03. The Bertz CT molecular complexity index is 451. The van der Waals surface area contributed by atoms with E-state index in [0.29, 0.717) is 12.5 Å². The van der Waals surface area contributed by atoms with E-state index in [-0.39, 0.29) is 11.9 Å². The van der Waals surface area contributed by atoms with Crippen LogP contribution in [-0.4, -0.2) is 23.6 Å². The molecular weight excluding hydrogens is 250 g/mol. The van der Waals surface area contributed by atoms with Crippen molar-refractivity contribution in [1.82, 2.24) is 15.2 Å². The number of carbonyl (C=O) groups is 1. The van der Waals surface area contributed by atoms with Crippen LogP contribution in [0.25, 0.3) is 0 Å².